The summed E-state index contributed by atoms with van der Waals surface area (Å²) in [4.78, 5) is 22.7. The van der Waals surface area contributed by atoms with Gasteiger partial charge in [0.05, 0.1) is 11.7 Å². The van der Waals surface area contributed by atoms with Crippen LogP contribution in [0.15, 0.2) is 6.20 Å². The predicted octanol–water partition coefficient (Wildman–Crippen LogP) is 1.52. The second-order valence-electron chi connectivity index (χ2n) is 5.80. The van der Waals surface area contributed by atoms with Gasteiger partial charge in [-0.2, -0.15) is 4.98 Å². The first-order valence-electron chi connectivity index (χ1n) is 7.06. The number of hydrogen-bond acceptors (Lipinski definition) is 5. The molecule has 1 atom stereocenters. The summed E-state index contributed by atoms with van der Waals surface area (Å²) >= 11 is 5.95. The summed E-state index contributed by atoms with van der Waals surface area (Å²) in [6.07, 6.45) is 7.08. The maximum Gasteiger partial charge on any atom is 0.262 e. The van der Waals surface area contributed by atoms with Crippen molar-refractivity contribution in [2.45, 2.75) is 43.8 Å². The molecule has 4 rings (SSSR count). The van der Waals surface area contributed by atoms with E-state index in [-0.39, 0.29) is 22.9 Å². The van der Waals surface area contributed by atoms with E-state index in [2.05, 4.69) is 25.5 Å². The van der Waals surface area contributed by atoms with Crippen LogP contribution in [0.4, 0.5) is 11.5 Å². The number of halogens is 1. The summed E-state index contributed by atoms with van der Waals surface area (Å²) in [6.45, 7) is 0.826. The Labute approximate surface area is 121 Å². The molecule has 3 heterocycles. The van der Waals surface area contributed by atoms with Gasteiger partial charge in [-0.1, -0.05) is 19.3 Å². The molecule has 3 aliphatic rings. The second kappa shape index (κ2) is 4.30. The molecular weight excluding hydrogens is 278 g/mol. The first-order chi connectivity index (χ1) is 9.70. The topological polar surface area (TPSA) is 70.2 Å². The van der Waals surface area contributed by atoms with Gasteiger partial charge in [0.15, 0.2) is 12.0 Å². The molecule has 1 saturated heterocycles. The maximum atomic E-state index is 12.2. The summed E-state index contributed by atoms with van der Waals surface area (Å²) in [5, 5.41) is 6.41. The maximum absolute atomic E-state index is 12.2. The first kappa shape index (κ1) is 12.3. The first-order valence-corrected chi connectivity index (χ1v) is 7.44. The van der Waals surface area contributed by atoms with Gasteiger partial charge in [0.1, 0.15) is 5.69 Å². The molecule has 1 aromatic heterocycles. The van der Waals surface area contributed by atoms with Gasteiger partial charge in [-0.15, -0.1) is 0 Å². The molecule has 20 heavy (non-hydrogen) atoms. The van der Waals surface area contributed by atoms with E-state index in [1.54, 1.807) is 6.20 Å². The van der Waals surface area contributed by atoms with Crippen LogP contribution in [-0.4, -0.2) is 34.1 Å². The number of carbonyl (C=O) groups is 1. The van der Waals surface area contributed by atoms with E-state index in [0.29, 0.717) is 5.69 Å². The lowest BCUT2D eigenvalue weighted by atomic mass is 9.81. The SMILES string of the molecule is O=C1Nc2cnc(Cl)nc2N2C1NCC21CCCCC1. The number of fused-ring (bicyclic) bond motifs is 4. The molecule has 2 aliphatic heterocycles. The molecule has 1 spiro atoms. The van der Waals surface area contributed by atoms with Gasteiger partial charge in [0.2, 0.25) is 5.28 Å². The fourth-order valence-electron chi connectivity index (χ4n) is 3.75. The van der Waals surface area contributed by atoms with E-state index < -0.39 is 0 Å². The summed E-state index contributed by atoms with van der Waals surface area (Å²) in [5.41, 5.74) is 0.650. The number of hydrogen-bond donors (Lipinski definition) is 2. The average molecular weight is 294 g/mol. The number of carbonyl (C=O) groups excluding carboxylic acids is 1. The zero-order valence-corrected chi connectivity index (χ0v) is 11.8. The third-order valence-corrected chi connectivity index (χ3v) is 4.83. The molecule has 6 nitrogen and oxygen atoms in total. The van der Waals surface area contributed by atoms with Crippen LogP contribution in [0.5, 0.6) is 0 Å². The molecule has 7 heteroatoms. The Kier molecular flexibility index (Phi) is 2.65. The predicted molar refractivity (Wildman–Crippen MR) is 75.8 cm³/mol. The van der Waals surface area contributed by atoms with Crippen molar-refractivity contribution in [1.29, 1.82) is 0 Å². The number of nitrogens with one attached hydrogen (secondary N) is 2. The largest absolute Gasteiger partial charge is 0.324 e. The minimum absolute atomic E-state index is 0.00684. The van der Waals surface area contributed by atoms with E-state index in [1.165, 1.54) is 19.3 Å². The van der Waals surface area contributed by atoms with Gasteiger partial charge >= 0.3 is 0 Å². The number of aromatic nitrogens is 2. The lowest BCUT2D eigenvalue weighted by Gasteiger charge is -2.45. The lowest BCUT2D eigenvalue weighted by molar-refractivity contribution is -0.118. The quantitative estimate of drug-likeness (QED) is 0.710. The van der Waals surface area contributed by atoms with Gasteiger partial charge in [-0.3, -0.25) is 10.1 Å². The average Bonchev–Trinajstić information content (AvgIpc) is 2.81. The van der Waals surface area contributed by atoms with Gasteiger partial charge in [0, 0.05) is 6.54 Å². The molecule has 106 valence electrons. The van der Waals surface area contributed by atoms with E-state index in [1.807, 2.05) is 0 Å². The Balaban J connectivity index is 1.84. The fourth-order valence-corrected chi connectivity index (χ4v) is 3.88. The van der Waals surface area contributed by atoms with Crippen molar-refractivity contribution < 1.29 is 4.79 Å². The molecule has 0 aromatic carbocycles. The van der Waals surface area contributed by atoms with Crippen LogP contribution >= 0.6 is 11.6 Å². The van der Waals surface area contributed by atoms with Crippen molar-refractivity contribution in [3.05, 3.63) is 11.5 Å². The normalized spacial score (nSPS) is 27.1. The van der Waals surface area contributed by atoms with Gasteiger partial charge < -0.3 is 10.2 Å². The molecule has 1 aromatic rings. The highest BCUT2D eigenvalue weighted by Gasteiger charge is 2.52. The third-order valence-electron chi connectivity index (χ3n) is 4.65. The summed E-state index contributed by atoms with van der Waals surface area (Å²) < 4.78 is 0. The molecule has 1 saturated carbocycles. The van der Waals surface area contributed by atoms with Crippen molar-refractivity contribution in [3.63, 3.8) is 0 Å². The molecular formula is C13H16ClN5O. The van der Waals surface area contributed by atoms with Crippen molar-refractivity contribution in [3.8, 4) is 0 Å². The Morgan fingerprint density at radius 1 is 1.35 bits per heavy atom. The summed E-state index contributed by atoms with van der Waals surface area (Å²) in [5.74, 6) is 0.715. The minimum Gasteiger partial charge on any atom is -0.324 e. The van der Waals surface area contributed by atoms with Crippen LogP contribution in [0.25, 0.3) is 0 Å². The lowest BCUT2D eigenvalue weighted by Crippen LogP contribution is -2.57. The molecule has 2 N–H and O–H groups in total. The summed E-state index contributed by atoms with van der Waals surface area (Å²) in [6, 6.07) is 0. The second-order valence-corrected chi connectivity index (χ2v) is 6.14. The zero-order chi connectivity index (χ0) is 13.7. The monoisotopic (exact) mass is 293 g/mol. The molecule has 0 bridgehead atoms. The van der Waals surface area contributed by atoms with E-state index in [9.17, 15) is 4.79 Å². The van der Waals surface area contributed by atoms with Crippen molar-refractivity contribution in [2.75, 3.05) is 16.8 Å². The highest BCUT2D eigenvalue weighted by molar-refractivity contribution is 6.28. The fraction of sp³-hybridized carbons (Fsp3) is 0.615. The summed E-state index contributed by atoms with van der Waals surface area (Å²) in [7, 11) is 0. The molecule has 2 fully saturated rings. The van der Waals surface area contributed by atoms with Crippen molar-refractivity contribution >= 4 is 29.0 Å². The minimum atomic E-state index is -0.341. The molecule has 1 amide bonds. The Morgan fingerprint density at radius 3 is 2.95 bits per heavy atom. The number of rotatable bonds is 0. The smallest absolute Gasteiger partial charge is 0.262 e. The molecule has 1 aliphatic carbocycles. The van der Waals surface area contributed by atoms with Crippen LogP contribution in [0, 0.1) is 0 Å². The standard InChI is InChI=1S/C13H16ClN5O/c14-12-15-6-8-9(18-12)19-10(11(20)17-8)16-7-13(19)4-2-1-3-5-13/h6,10,16H,1-5,7H2,(H,17,20). The van der Waals surface area contributed by atoms with Crippen molar-refractivity contribution in [1.82, 2.24) is 15.3 Å². The van der Waals surface area contributed by atoms with Crippen LogP contribution < -0.4 is 15.5 Å². The van der Waals surface area contributed by atoms with Crippen LogP contribution in [0.2, 0.25) is 5.28 Å². The van der Waals surface area contributed by atoms with E-state index in [4.69, 9.17) is 11.6 Å². The highest BCUT2D eigenvalue weighted by atomic mass is 35.5. The zero-order valence-electron chi connectivity index (χ0n) is 11.0. The number of nitrogens with zero attached hydrogens (tertiary/aromatic N) is 3. The van der Waals surface area contributed by atoms with Crippen molar-refractivity contribution in [2.24, 2.45) is 0 Å². The Morgan fingerprint density at radius 2 is 2.15 bits per heavy atom. The third kappa shape index (κ3) is 1.64. The number of anilines is 2. The highest BCUT2D eigenvalue weighted by Crippen LogP contribution is 2.44. The van der Waals surface area contributed by atoms with E-state index >= 15 is 0 Å². The van der Waals surface area contributed by atoms with Crippen LogP contribution in [0.3, 0.4) is 0 Å². The van der Waals surface area contributed by atoms with Gasteiger partial charge in [-0.05, 0) is 24.4 Å². The number of amides is 1. The Hall–Kier alpha value is -1.40. The van der Waals surface area contributed by atoms with Gasteiger partial charge in [-0.25, -0.2) is 4.98 Å². The Bertz CT molecular complexity index is 572. The van der Waals surface area contributed by atoms with Gasteiger partial charge in [0.25, 0.3) is 5.91 Å². The van der Waals surface area contributed by atoms with Crippen LogP contribution in [0.1, 0.15) is 32.1 Å². The van der Waals surface area contributed by atoms with E-state index in [0.717, 1.165) is 25.2 Å². The molecule has 0 radical (unpaired) electrons. The van der Waals surface area contributed by atoms with Crippen LogP contribution in [-0.2, 0) is 4.79 Å². The molecule has 1 unspecified atom stereocenters.